The second-order valence-electron chi connectivity index (χ2n) is 3.54. The van der Waals surface area contributed by atoms with Crippen LogP contribution in [0.1, 0.15) is 34.1 Å². The zero-order valence-electron chi connectivity index (χ0n) is 10.4. The van der Waals surface area contributed by atoms with E-state index in [9.17, 15) is 4.79 Å². The van der Waals surface area contributed by atoms with Crippen LogP contribution < -0.4 is 5.32 Å². The molecule has 0 rings (SSSR count). The summed E-state index contributed by atoms with van der Waals surface area (Å²) in [6.45, 7) is 10.4. The van der Waals surface area contributed by atoms with Crippen LogP contribution in [0.3, 0.4) is 0 Å². The van der Waals surface area contributed by atoms with Crippen molar-refractivity contribution in [3.63, 3.8) is 0 Å². The molecule has 0 heterocycles. The van der Waals surface area contributed by atoms with E-state index in [1.54, 1.807) is 0 Å². The molecule has 15 heavy (non-hydrogen) atoms. The molecule has 1 N–H and O–H groups in total. The van der Waals surface area contributed by atoms with Gasteiger partial charge < -0.3 is 10.2 Å². The van der Waals surface area contributed by atoms with Gasteiger partial charge in [0.25, 0.3) is 0 Å². The van der Waals surface area contributed by atoms with Gasteiger partial charge in [-0.3, -0.25) is 4.79 Å². The Hall–Kier alpha value is -0.830. The van der Waals surface area contributed by atoms with Crippen LogP contribution >= 0.6 is 0 Å². The summed E-state index contributed by atoms with van der Waals surface area (Å²) in [6.07, 6.45) is 5.10. The number of carbonyl (C=O) groups is 1. The first-order valence-electron chi connectivity index (χ1n) is 5.80. The van der Waals surface area contributed by atoms with E-state index < -0.39 is 0 Å². The Morgan fingerprint density at radius 2 is 2.00 bits per heavy atom. The fraction of sp³-hybridized carbons (Fsp3) is 0.750. The third-order valence-corrected chi connectivity index (χ3v) is 2.44. The van der Waals surface area contributed by atoms with Gasteiger partial charge in [-0.15, -0.1) is 0 Å². The molecule has 0 aliphatic carbocycles. The molecule has 1 unspecified atom stereocenters. The first-order chi connectivity index (χ1) is 7.17. The number of hydrogen-bond donors (Lipinski definition) is 1. The summed E-state index contributed by atoms with van der Waals surface area (Å²) in [5.41, 5.74) is 0. The maximum atomic E-state index is 11.8. The highest BCUT2D eigenvalue weighted by Crippen LogP contribution is 1.95. The van der Waals surface area contributed by atoms with Crippen molar-refractivity contribution in [2.75, 3.05) is 19.6 Å². The van der Waals surface area contributed by atoms with Crippen LogP contribution in [0.4, 0.5) is 0 Å². The Morgan fingerprint density at radius 3 is 2.47 bits per heavy atom. The smallest absolute Gasteiger partial charge is 0.239 e. The van der Waals surface area contributed by atoms with Gasteiger partial charge in [-0.2, -0.15) is 0 Å². The first-order valence-corrected chi connectivity index (χ1v) is 5.80. The van der Waals surface area contributed by atoms with E-state index >= 15 is 0 Å². The standard InChI is InChI=1S/C12H24N2O/c1-5-8-9-10-13-11(4)12(15)14(6-2)7-3/h5,8,11,13H,6-7,9-10H2,1-4H3/b8-5+. The molecule has 0 saturated carbocycles. The molecule has 0 spiro atoms. The van der Waals surface area contributed by atoms with Crippen molar-refractivity contribution in [3.05, 3.63) is 12.2 Å². The molecular weight excluding hydrogens is 188 g/mol. The van der Waals surface area contributed by atoms with E-state index in [4.69, 9.17) is 0 Å². The molecule has 0 bridgehead atoms. The van der Waals surface area contributed by atoms with Crippen LogP contribution in [0, 0.1) is 0 Å². The highest BCUT2D eigenvalue weighted by atomic mass is 16.2. The minimum absolute atomic E-state index is 0.0739. The zero-order valence-corrected chi connectivity index (χ0v) is 10.4. The number of hydrogen-bond acceptors (Lipinski definition) is 2. The molecular formula is C12H24N2O. The predicted octanol–water partition coefficient (Wildman–Crippen LogP) is 1.80. The molecule has 1 atom stereocenters. The topological polar surface area (TPSA) is 32.3 Å². The van der Waals surface area contributed by atoms with Gasteiger partial charge in [-0.25, -0.2) is 0 Å². The maximum Gasteiger partial charge on any atom is 0.239 e. The molecule has 88 valence electrons. The van der Waals surface area contributed by atoms with Crippen molar-refractivity contribution >= 4 is 5.91 Å². The Kier molecular flexibility index (Phi) is 8.01. The quantitative estimate of drug-likeness (QED) is 0.515. The van der Waals surface area contributed by atoms with Gasteiger partial charge in [0.05, 0.1) is 6.04 Å². The lowest BCUT2D eigenvalue weighted by Crippen LogP contribution is -2.44. The van der Waals surface area contributed by atoms with Crippen LogP contribution in [-0.2, 0) is 4.79 Å². The van der Waals surface area contributed by atoms with E-state index in [-0.39, 0.29) is 11.9 Å². The van der Waals surface area contributed by atoms with Crippen molar-refractivity contribution in [3.8, 4) is 0 Å². The minimum atomic E-state index is -0.0739. The number of rotatable bonds is 7. The molecule has 0 radical (unpaired) electrons. The Bertz CT molecular complexity index is 198. The van der Waals surface area contributed by atoms with E-state index in [0.29, 0.717) is 0 Å². The van der Waals surface area contributed by atoms with Gasteiger partial charge in [-0.1, -0.05) is 12.2 Å². The second kappa shape index (κ2) is 8.48. The third-order valence-electron chi connectivity index (χ3n) is 2.44. The van der Waals surface area contributed by atoms with Crippen molar-refractivity contribution in [2.45, 2.75) is 40.2 Å². The number of likely N-dealkylation sites (N-methyl/N-ethyl adjacent to an activating group) is 1. The number of allylic oxidation sites excluding steroid dienone is 1. The number of carbonyl (C=O) groups excluding carboxylic acids is 1. The fourth-order valence-electron chi connectivity index (χ4n) is 1.45. The average Bonchev–Trinajstić information content (AvgIpc) is 2.25. The third kappa shape index (κ3) is 5.57. The Morgan fingerprint density at radius 1 is 1.40 bits per heavy atom. The summed E-state index contributed by atoms with van der Waals surface area (Å²) in [6, 6.07) is -0.0739. The van der Waals surface area contributed by atoms with Gasteiger partial charge in [-0.05, 0) is 40.7 Å². The highest BCUT2D eigenvalue weighted by molar-refractivity contribution is 5.81. The lowest BCUT2D eigenvalue weighted by Gasteiger charge is -2.23. The lowest BCUT2D eigenvalue weighted by molar-refractivity contribution is -0.132. The van der Waals surface area contributed by atoms with Crippen molar-refractivity contribution in [2.24, 2.45) is 0 Å². The summed E-state index contributed by atoms with van der Waals surface area (Å²) in [7, 11) is 0. The van der Waals surface area contributed by atoms with Crippen molar-refractivity contribution in [1.82, 2.24) is 10.2 Å². The second-order valence-corrected chi connectivity index (χ2v) is 3.54. The normalized spacial score (nSPS) is 13.1. The summed E-state index contributed by atoms with van der Waals surface area (Å²) in [5, 5.41) is 3.22. The Labute approximate surface area is 93.5 Å². The zero-order chi connectivity index (χ0) is 11.7. The summed E-state index contributed by atoms with van der Waals surface area (Å²) >= 11 is 0. The van der Waals surface area contributed by atoms with Gasteiger partial charge in [0.1, 0.15) is 0 Å². The molecule has 0 aliphatic heterocycles. The average molecular weight is 212 g/mol. The molecule has 0 aromatic rings. The summed E-state index contributed by atoms with van der Waals surface area (Å²) in [5.74, 6) is 0.195. The molecule has 0 saturated heterocycles. The summed E-state index contributed by atoms with van der Waals surface area (Å²) < 4.78 is 0. The molecule has 3 heteroatoms. The van der Waals surface area contributed by atoms with E-state index in [2.05, 4.69) is 11.4 Å². The number of nitrogens with zero attached hydrogens (tertiary/aromatic N) is 1. The number of amides is 1. The van der Waals surface area contributed by atoms with Crippen LogP contribution in [0.5, 0.6) is 0 Å². The van der Waals surface area contributed by atoms with Gasteiger partial charge in [0.15, 0.2) is 0 Å². The fourth-order valence-corrected chi connectivity index (χ4v) is 1.45. The maximum absolute atomic E-state index is 11.8. The van der Waals surface area contributed by atoms with E-state index in [1.807, 2.05) is 38.7 Å². The molecule has 0 fully saturated rings. The minimum Gasteiger partial charge on any atom is -0.342 e. The van der Waals surface area contributed by atoms with Gasteiger partial charge >= 0.3 is 0 Å². The van der Waals surface area contributed by atoms with Gasteiger partial charge in [0.2, 0.25) is 5.91 Å². The van der Waals surface area contributed by atoms with Crippen LogP contribution in [0.15, 0.2) is 12.2 Å². The molecule has 0 aromatic heterocycles. The molecule has 0 aromatic carbocycles. The molecule has 0 aliphatic rings. The van der Waals surface area contributed by atoms with Crippen LogP contribution in [0.25, 0.3) is 0 Å². The van der Waals surface area contributed by atoms with E-state index in [0.717, 1.165) is 26.1 Å². The SMILES string of the molecule is C/C=C/CCNC(C)C(=O)N(CC)CC. The van der Waals surface area contributed by atoms with Crippen LogP contribution in [-0.4, -0.2) is 36.5 Å². The highest BCUT2D eigenvalue weighted by Gasteiger charge is 2.16. The summed E-state index contributed by atoms with van der Waals surface area (Å²) in [4.78, 5) is 13.7. The number of nitrogens with one attached hydrogen (secondary N) is 1. The van der Waals surface area contributed by atoms with Gasteiger partial charge in [0, 0.05) is 13.1 Å². The molecule has 3 nitrogen and oxygen atoms in total. The monoisotopic (exact) mass is 212 g/mol. The van der Waals surface area contributed by atoms with Crippen LogP contribution in [0.2, 0.25) is 0 Å². The lowest BCUT2D eigenvalue weighted by atomic mass is 10.2. The predicted molar refractivity (Wildman–Crippen MR) is 64.8 cm³/mol. The van der Waals surface area contributed by atoms with Crippen molar-refractivity contribution < 1.29 is 4.79 Å². The Balaban J connectivity index is 3.87. The molecule has 1 amide bonds. The first kappa shape index (κ1) is 14.2. The van der Waals surface area contributed by atoms with E-state index in [1.165, 1.54) is 0 Å². The van der Waals surface area contributed by atoms with Crippen molar-refractivity contribution in [1.29, 1.82) is 0 Å². The largest absolute Gasteiger partial charge is 0.342 e.